The van der Waals surface area contributed by atoms with E-state index in [1.165, 1.54) is 38.1 Å². The van der Waals surface area contributed by atoms with Crippen molar-refractivity contribution in [3.05, 3.63) is 29.8 Å². The van der Waals surface area contributed by atoms with Crippen LogP contribution >= 0.6 is 0 Å². The van der Waals surface area contributed by atoms with Crippen LogP contribution in [-0.4, -0.2) is 80.5 Å². The highest BCUT2D eigenvalue weighted by Gasteiger charge is 2.33. The minimum atomic E-state index is -1.51. The van der Waals surface area contributed by atoms with E-state index >= 15 is 0 Å². The van der Waals surface area contributed by atoms with Gasteiger partial charge in [0.15, 0.2) is 0 Å². The van der Waals surface area contributed by atoms with Crippen LogP contribution in [0.15, 0.2) is 24.3 Å². The van der Waals surface area contributed by atoms with Crippen LogP contribution in [0.25, 0.3) is 0 Å². The number of amides is 3. The van der Waals surface area contributed by atoms with Gasteiger partial charge in [-0.05, 0) is 43.9 Å². The van der Waals surface area contributed by atoms with Gasteiger partial charge < -0.3 is 42.1 Å². The molecule has 0 saturated heterocycles. The van der Waals surface area contributed by atoms with Crippen molar-refractivity contribution in [3.8, 4) is 5.75 Å². The largest absolute Gasteiger partial charge is 0.508 e. The number of carboxylic acids is 1. The molecule has 0 aromatic heterocycles. The van der Waals surface area contributed by atoms with Crippen LogP contribution < -0.4 is 21.7 Å². The maximum Gasteiger partial charge on any atom is 0.326 e. The minimum absolute atomic E-state index is 0.00649. The molecule has 1 aromatic rings. The van der Waals surface area contributed by atoms with Gasteiger partial charge in [-0.1, -0.05) is 26.0 Å². The van der Waals surface area contributed by atoms with Crippen LogP contribution in [0.4, 0.5) is 0 Å². The summed E-state index contributed by atoms with van der Waals surface area (Å²) >= 11 is 0. The van der Waals surface area contributed by atoms with Gasteiger partial charge in [0.1, 0.15) is 29.9 Å². The molecule has 0 saturated carbocycles. The maximum atomic E-state index is 13.0. The van der Waals surface area contributed by atoms with Crippen LogP contribution in [0, 0.1) is 5.92 Å². The molecule has 3 amide bonds. The van der Waals surface area contributed by atoms with E-state index in [0.717, 1.165) is 0 Å². The number of rotatable bonds is 13. The summed E-state index contributed by atoms with van der Waals surface area (Å²) in [6.07, 6.45) is -2.51. The average molecular weight is 497 g/mol. The molecule has 1 aromatic carbocycles. The van der Waals surface area contributed by atoms with E-state index in [2.05, 4.69) is 16.0 Å². The zero-order valence-electron chi connectivity index (χ0n) is 20.3. The van der Waals surface area contributed by atoms with Crippen molar-refractivity contribution in [1.29, 1.82) is 0 Å². The van der Waals surface area contributed by atoms with Gasteiger partial charge >= 0.3 is 5.97 Å². The Morgan fingerprint density at radius 2 is 1.37 bits per heavy atom. The monoisotopic (exact) mass is 496 g/mol. The lowest BCUT2D eigenvalue weighted by Gasteiger charge is -2.27. The quantitative estimate of drug-likeness (QED) is 0.161. The highest BCUT2D eigenvalue weighted by atomic mass is 16.4. The van der Waals surface area contributed by atoms with E-state index in [9.17, 15) is 39.6 Å². The molecule has 196 valence electrons. The van der Waals surface area contributed by atoms with E-state index in [0.29, 0.717) is 5.56 Å². The van der Waals surface area contributed by atoms with Gasteiger partial charge in [-0.25, -0.2) is 4.79 Å². The lowest BCUT2D eigenvalue weighted by Crippen LogP contribution is -2.61. The highest BCUT2D eigenvalue weighted by molar-refractivity contribution is 5.94. The van der Waals surface area contributed by atoms with Crippen molar-refractivity contribution in [3.63, 3.8) is 0 Å². The number of aliphatic carboxylic acids is 1. The second-order valence-electron chi connectivity index (χ2n) is 8.95. The van der Waals surface area contributed by atoms with Crippen molar-refractivity contribution in [2.75, 3.05) is 0 Å². The molecule has 12 nitrogen and oxygen atoms in total. The molecule has 6 atom stereocenters. The average Bonchev–Trinajstić information content (AvgIpc) is 2.76. The molecular formula is C23H36N4O8. The number of carboxylic acid groups (broad SMARTS) is 1. The number of aliphatic hydroxyl groups excluding tert-OH is 2. The van der Waals surface area contributed by atoms with Gasteiger partial charge in [0, 0.05) is 6.42 Å². The lowest BCUT2D eigenvalue weighted by molar-refractivity contribution is -0.143. The number of hydrogen-bond donors (Lipinski definition) is 8. The first-order chi connectivity index (χ1) is 16.2. The van der Waals surface area contributed by atoms with Crippen LogP contribution in [0.2, 0.25) is 0 Å². The fourth-order valence-electron chi connectivity index (χ4n) is 3.18. The molecular weight excluding hydrogens is 460 g/mol. The third-order valence-electron chi connectivity index (χ3n) is 5.22. The SMILES string of the molecule is CC(C)CC(NC(=O)C(Cc1ccc(O)cc1)NC(=O)C(NC(=O)C(N)C(C)O)C(C)O)C(=O)O. The van der Waals surface area contributed by atoms with Gasteiger partial charge in [-0.15, -0.1) is 0 Å². The predicted octanol–water partition coefficient (Wildman–Crippen LogP) is -1.39. The first-order valence-corrected chi connectivity index (χ1v) is 11.3. The topological polar surface area (TPSA) is 211 Å². The second-order valence-corrected chi connectivity index (χ2v) is 8.95. The number of benzene rings is 1. The zero-order chi connectivity index (χ0) is 26.9. The van der Waals surface area contributed by atoms with Gasteiger partial charge in [-0.3, -0.25) is 14.4 Å². The van der Waals surface area contributed by atoms with Crippen molar-refractivity contribution in [2.24, 2.45) is 11.7 Å². The Labute approximate surface area is 203 Å². The zero-order valence-corrected chi connectivity index (χ0v) is 20.3. The number of carbonyl (C=O) groups is 4. The summed E-state index contributed by atoms with van der Waals surface area (Å²) in [5.41, 5.74) is 6.13. The van der Waals surface area contributed by atoms with Crippen molar-refractivity contribution >= 4 is 23.7 Å². The fraction of sp³-hybridized carbons (Fsp3) is 0.565. The summed E-state index contributed by atoms with van der Waals surface area (Å²) < 4.78 is 0. The van der Waals surface area contributed by atoms with E-state index in [1.54, 1.807) is 13.8 Å². The first-order valence-electron chi connectivity index (χ1n) is 11.3. The summed E-state index contributed by atoms with van der Waals surface area (Å²) in [4.78, 5) is 49.8. The van der Waals surface area contributed by atoms with Crippen molar-refractivity contribution in [1.82, 2.24) is 16.0 Å². The Morgan fingerprint density at radius 1 is 0.829 bits per heavy atom. The number of phenolic OH excluding ortho intramolecular Hbond substituents is 1. The molecule has 35 heavy (non-hydrogen) atoms. The molecule has 0 aliphatic rings. The van der Waals surface area contributed by atoms with Crippen LogP contribution in [0.1, 0.15) is 39.7 Å². The molecule has 0 bridgehead atoms. The Balaban J connectivity index is 3.15. The van der Waals surface area contributed by atoms with E-state index < -0.39 is 60.1 Å². The number of aliphatic hydroxyl groups is 2. The lowest BCUT2D eigenvalue weighted by atomic mass is 10.0. The third-order valence-corrected chi connectivity index (χ3v) is 5.22. The summed E-state index contributed by atoms with van der Waals surface area (Å²) in [5, 5.41) is 45.7. The number of carbonyl (C=O) groups excluding carboxylic acids is 3. The summed E-state index contributed by atoms with van der Waals surface area (Å²) in [7, 11) is 0. The van der Waals surface area contributed by atoms with Crippen molar-refractivity contribution in [2.45, 2.75) is 76.9 Å². The van der Waals surface area contributed by atoms with E-state index in [4.69, 9.17) is 5.73 Å². The highest BCUT2D eigenvalue weighted by Crippen LogP contribution is 2.13. The van der Waals surface area contributed by atoms with Gasteiger partial charge in [0.2, 0.25) is 17.7 Å². The Bertz CT molecular complexity index is 873. The van der Waals surface area contributed by atoms with E-state index in [1.807, 2.05) is 0 Å². The number of aromatic hydroxyl groups is 1. The third kappa shape index (κ3) is 9.89. The molecule has 0 radical (unpaired) electrons. The maximum absolute atomic E-state index is 13.0. The number of nitrogens with two attached hydrogens (primary N) is 1. The Morgan fingerprint density at radius 3 is 1.83 bits per heavy atom. The molecule has 0 heterocycles. The van der Waals surface area contributed by atoms with Gasteiger partial charge in [-0.2, -0.15) is 0 Å². The van der Waals surface area contributed by atoms with E-state index in [-0.39, 0.29) is 24.5 Å². The van der Waals surface area contributed by atoms with Gasteiger partial charge in [0.25, 0.3) is 0 Å². The number of phenols is 1. The predicted molar refractivity (Wildman–Crippen MR) is 126 cm³/mol. The molecule has 0 aliphatic heterocycles. The molecule has 0 aliphatic carbocycles. The summed E-state index contributed by atoms with van der Waals surface area (Å²) in [6.45, 7) is 6.13. The number of hydrogen-bond acceptors (Lipinski definition) is 8. The molecule has 12 heteroatoms. The standard InChI is InChI=1S/C23H36N4O8/c1-11(2)9-17(23(34)35)26-20(31)16(10-14-5-7-15(30)8-6-14)25-22(33)19(13(4)29)27-21(32)18(24)12(3)28/h5-8,11-13,16-19,28-30H,9-10,24H2,1-4H3,(H,25,33)(H,26,31)(H,27,32)(H,34,35). The number of nitrogens with one attached hydrogen (secondary N) is 3. The van der Waals surface area contributed by atoms with Crippen molar-refractivity contribution < 1.29 is 39.6 Å². The fourth-order valence-corrected chi connectivity index (χ4v) is 3.18. The summed E-state index contributed by atoms with van der Waals surface area (Å²) in [5.74, 6) is -3.86. The molecule has 0 fully saturated rings. The van der Waals surface area contributed by atoms with Gasteiger partial charge in [0.05, 0.1) is 12.2 Å². The normalized spacial score (nSPS) is 16.3. The molecule has 6 unspecified atom stereocenters. The molecule has 1 rings (SSSR count). The van der Waals surface area contributed by atoms with Crippen LogP contribution in [0.5, 0.6) is 5.75 Å². The molecule has 0 spiro atoms. The smallest absolute Gasteiger partial charge is 0.326 e. The van der Waals surface area contributed by atoms with Crippen LogP contribution in [-0.2, 0) is 25.6 Å². The Hall–Kier alpha value is -3.22. The molecule has 9 N–H and O–H groups in total. The minimum Gasteiger partial charge on any atom is -0.508 e. The van der Waals surface area contributed by atoms with Crippen LogP contribution in [0.3, 0.4) is 0 Å². The Kier molecular flexibility index (Phi) is 11.6. The summed E-state index contributed by atoms with van der Waals surface area (Å²) in [6, 6.07) is 0.506. The first kappa shape index (κ1) is 29.8. The second kappa shape index (κ2) is 13.6.